The molecule has 1 saturated heterocycles. The number of carbonyl (C=O) groups is 1. The molecule has 2 unspecified atom stereocenters. The van der Waals surface area contributed by atoms with E-state index < -0.39 is 5.41 Å². The predicted molar refractivity (Wildman–Crippen MR) is 61.1 cm³/mol. The summed E-state index contributed by atoms with van der Waals surface area (Å²) < 4.78 is 5.49. The van der Waals surface area contributed by atoms with E-state index in [-0.39, 0.29) is 18.1 Å². The molecule has 0 N–H and O–H groups in total. The van der Waals surface area contributed by atoms with E-state index in [1.54, 1.807) is 0 Å². The molecule has 1 fully saturated rings. The van der Waals surface area contributed by atoms with Crippen LogP contribution in [0.5, 0.6) is 0 Å². The summed E-state index contributed by atoms with van der Waals surface area (Å²) in [5.74, 6) is 0.477. The third-order valence-corrected chi connectivity index (χ3v) is 3.73. The summed E-state index contributed by atoms with van der Waals surface area (Å²) in [6, 6.07) is 0.133. The van der Waals surface area contributed by atoms with Crippen molar-refractivity contribution in [2.75, 3.05) is 19.0 Å². The van der Waals surface area contributed by atoms with Gasteiger partial charge in [-0.25, -0.2) is 0 Å². The first-order valence-electron chi connectivity index (χ1n) is 5.39. The molecule has 1 aliphatic rings. The number of morpholine rings is 1. The SMILES string of the molecule is CC1OCCN(C(=O)C(C)(C)CCl)C1C. The summed E-state index contributed by atoms with van der Waals surface area (Å²) in [5.41, 5.74) is -0.479. The van der Waals surface area contributed by atoms with E-state index in [1.807, 2.05) is 32.6 Å². The molecule has 1 heterocycles. The third-order valence-electron chi connectivity index (χ3n) is 3.06. The number of rotatable bonds is 2. The monoisotopic (exact) mass is 233 g/mol. The van der Waals surface area contributed by atoms with Crippen LogP contribution in [-0.4, -0.2) is 42.0 Å². The fourth-order valence-electron chi connectivity index (χ4n) is 1.67. The summed E-state index contributed by atoms with van der Waals surface area (Å²) in [4.78, 5) is 14.1. The number of hydrogen-bond donors (Lipinski definition) is 0. The number of alkyl halides is 1. The van der Waals surface area contributed by atoms with Gasteiger partial charge < -0.3 is 9.64 Å². The zero-order valence-corrected chi connectivity index (χ0v) is 10.7. The van der Waals surface area contributed by atoms with Gasteiger partial charge in [0.25, 0.3) is 0 Å². The molecule has 0 radical (unpaired) electrons. The number of amides is 1. The zero-order chi connectivity index (χ0) is 11.6. The van der Waals surface area contributed by atoms with Crippen molar-refractivity contribution in [3.05, 3.63) is 0 Å². The molecule has 1 amide bonds. The molecule has 2 atom stereocenters. The molecule has 3 nitrogen and oxygen atoms in total. The van der Waals surface area contributed by atoms with Gasteiger partial charge in [-0.2, -0.15) is 0 Å². The average Bonchev–Trinajstić information content (AvgIpc) is 2.21. The standard InChI is InChI=1S/C11H20ClNO2/c1-8-9(2)15-6-5-13(8)10(14)11(3,4)7-12/h8-9H,5-7H2,1-4H3. The van der Waals surface area contributed by atoms with Crippen LogP contribution in [-0.2, 0) is 9.53 Å². The highest BCUT2D eigenvalue weighted by Gasteiger charge is 2.36. The van der Waals surface area contributed by atoms with E-state index in [1.165, 1.54) is 0 Å². The summed E-state index contributed by atoms with van der Waals surface area (Å²) in [6.45, 7) is 9.08. The van der Waals surface area contributed by atoms with Crippen molar-refractivity contribution in [2.45, 2.75) is 39.8 Å². The lowest BCUT2D eigenvalue weighted by Gasteiger charge is -2.41. The van der Waals surface area contributed by atoms with Crippen LogP contribution in [0.4, 0.5) is 0 Å². The first kappa shape index (κ1) is 12.8. The van der Waals surface area contributed by atoms with Crippen molar-refractivity contribution >= 4 is 17.5 Å². The second-order valence-electron chi connectivity index (χ2n) is 4.83. The van der Waals surface area contributed by atoms with Crippen LogP contribution in [0.2, 0.25) is 0 Å². The third kappa shape index (κ3) is 2.64. The van der Waals surface area contributed by atoms with Crippen molar-refractivity contribution in [1.29, 1.82) is 0 Å². The highest BCUT2D eigenvalue weighted by molar-refractivity contribution is 6.19. The Labute approximate surface area is 96.7 Å². The second-order valence-corrected chi connectivity index (χ2v) is 5.10. The molecule has 1 rings (SSSR count). The molecular weight excluding hydrogens is 214 g/mol. The molecule has 0 aromatic heterocycles. The van der Waals surface area contributed by atoms with Crippen molar-refractivity contribution in [3.63, 3.8) is 0 Å². The van der Waals surface area contributed by atoms with Crippen LogP contribution in [0.1, 0.15) is 27.7 Å². The number of halogens is 1. The van der Waals surface area contributed by atoms with Gasteiger partial charge in [-0.15, -0.1) is 11.6 Å². The lowest BCUT2D eigenvalue weighted by Crippen LogP contribution is -2.55. The maximum atomic E-state index is 12.2. The molecule has 0 aliphatic carbocycles. The number of carbonyl (C=O) groups excluding carboxylic acids is 1. The van der Waals surface area contributed by atoms with E-state index in [0.717, 1.165) is 0 Å². The molecule has 88 valence electrons. The van der Waals surface area contributed by atoms with Gasteiger partial charge in [-0.1, -0.05) is 0 Å². The van der Waals surface area contributed by atoms with E-state index in [0.29, 0.717) is 19.0 Å². The van der Waals surface area contributed by atoms with Crippen molar-refractivity contribution in [1.82, 2.24) is 4.90 Å². The molecule has 0 aromatic carbocycles. The Balaban J connectivity index is 2.74. The topological polar surface area (TPSA) is 29.5 Å². The van der Waals surface area contributed by atoms with E-state index in [2.05, 4.69) is 0 Å². The largest absolute Gasteiger partial charge is 0.375 e. The number of ether oxygens (including phenoxy) is 1. The van der Waals surface area contributed by atoms with Gasteiger partial charge in [0.05, 0.1) is 24.2 Å². The van der Waals surface area contributed by atoms with Gasteiger partial charge in [0.15, 0.2) is 0 Å². The Hall–Kier alpha value is -0.280. The summed E-state index contributed by atoms with van der Waals surface area (Å²) in [7, 11) is 0. The first-order chi connectivity index (χ1) is 6.90. The van der Waals surface area contributed by atoms with Gasteiger partial charge in [0, 0.05) is 12.4 Å². The summed E-state index contributed by atoms with van der Waals surface area (Å²) in [6.07, 6.45) is 0.105. The molecular formula is C11H20ClNO2. The minimum absolute atomic E-state index is 0.105. The molecule has 0 saturated carbocycles. The maximum absolute atomic E-state index is 12.2. The smallest absolute Gasteiger partial charge is 0.229 e. The van der Waals surface area contributed by atoms with Gasteiger partial charge >= 0.3 is 0 Å². The minimum Gasteiger partial charge on any atom is -0.375 e. The second kappa shape index (κ2) is 4.71. The number of hydrogen-bond acceptors (Lipinski definition) is 2. The number of nitrogens with zero attached hydrogens (tertiary/aromatic N) is 1. The fourth-order valence-corrected chi connectivity index (χ4v) is 1.78. The van der Waals surface area contributed by atoms with Crippen LogP contribution in [0.25, 0.3) is 0 Å². The molecule has 0 spiro atoms. The van der Waals surface area contributed by atoms with Gasteiger partial charge in [-0.3, -0.25) is 4.79 Å². The fraction of sp³-hybridized carbons (Fsp3) is 0.909. The highest BCUT2D eigenvalue weighted by Crippen LogP contribution is 2.24. The van der Waals surface area contributed by atoms with Crippen LogP contribution >= 0.6 is 11.6 Å². The lowest BCUT2D eigenvalue weighted by atomic mass is 9.93. The van der Waals surface area contributed by atoms with Crippen LogP contribution in [0.15, 0.2) is 0 Å². The van der Waals surface area contributed by atoms with E-state index in [9.17, 15) is 4.79 Å². The molecule has 15 heavy (non-hydrogen) atoms. The van der Waals surface area contributed by atoms with E-state index >= 15 is 0 Å². The average molecular weight is 234 g/mol. The Morgan fingerprint density at radius 2 is 2.13 bits per heavy atom. The lowest BCUT2D eigenvalue weighted by molar-refractivity contribution is -0.152. The quantitative estimate of drug-likeness (QED) is 0.682. The normalized spacial score (nSPS) is 27.9. The highest BCUT2D eigenvalue weighted by atomic mass is 35.5. The first-order valence-corrected chi connectivity index (χ1v) is 5.92. The van der Waals surface area contributed by atoms with Crippen molar-refractivity contribution in [2.24, 2.45) is 5.41 Å². The van der Waals surface area contributed by atoms with E-state index in [4.69, 9.17) is 16.3 Å². The Bertz CT molecular complexity index is 243. The van der Waals surface area contributed by atoms with Gasteiger partial charge in [0.1, 0.15) is 0 Å². The molecule has 0 bridgehead atoms. The molecule has 4 heteroatoms. The zero-order valence-electron chi connectivity index (χ0n) is 9.92. The van der Waals surface area contributed by atoms with Gasteiger partial charge in [-0.05, 0) is 27.7 Å². The Morgan fingerprint density at radius 3 is 2.67 bits per heavy atom. The maximum Gasteiger partial charge on any atom is 0.229 e. The van der Waals surface area contributed by atoms with Crippen molar-refractivity contribution < 1.29 is 9.53 Å². The van der Waals surface area contributed by atoms with Crippen LogP contribution in [0.3, 0.4) is 0 Å². The summed E-state index contributed by atoms with van der Waals surface area (Å²) >= 11 is 5.81. The Kier molecular flexibility index (Phi) is 4.01. The molecule has 1 aliphatic heterocycles. The van der Waals surface area contributed by atoms with Crippen LogP contribution < -0.4 is 0 Å². The molecule has 0 aromatic rings. The van der Waals surface area contributed by atoms with Gasteiger partial charge in [0.2, 0.25) is 5.91 Å². The summed E-state index contributed by atoms with van der Waals surface area (Å²) in [5, 5.41) is 0. The Morgan fingerprint density at radius 1 is 1.53 bits per heavy atom. The minimum atomic E-state index is -0.479. The van der Waals surface area contributed by atoms with Crippen molar-refractivity contribution in [3.8, 4) is 0 Å². The van der Waals surface area contributed by atoms with Crippen LogP contribution in [0, 0.1) is 5.41 Å². The predicted octanol–water partition coefficient (Wildman–Crippen LogP) is 1.89.